The molecule has 6 nitrogen and oxygen atoms in total. The van der Waals surface area contributed by atoms with Crippen molar-refractivity contribution < 1.29 is 17.6 Å². The summed E-state index contributed by atoms with van der Waals surface area (Å²) in [6, 6.07) is 14.0. The topological polar surface area (TPSA) is 88.2 Å². The summed E-state index contributed by atoms with van der Waals surface area (Å²) in [5.74, 6) is -0.449. The molecule has 3 rings (SSSR count). The maximum absolute atomic E-state index is 12.9. The minimum Gasteiger partial charge on any atom is -0.307 e. The molecule has 2 aromatic carbocycles. The lowest BCUT2D eigenvalue weighted by Gasteiger charge is -2.09. The Morgan fingerprint density at radius 1 is 1.00 bits per heavy atom. The minimum atomic E-state index is -3.85. The van der Waals surface area contributed by atoms with Crippen LogP contribution in [-0.2, 0) is 10.0 Å². The summed E-state index contributed by atoms with van der Waals surface area (Å²) in [5, 5.41) is 2.65. The molecule has 0 atom stereocenters. The first-order valence-electron chi connectivity index (χ1n) is 7.96. The molecular weight excluding hydrogens is 369 g/mol. The van der Waals surface area contributed by atoms with E-state index in [9.17, 15) is 17.6 Å². The fourth-order valence-corrected chi connectivity index (χ4v) is 3.37. The Bertz CT molecular complexity index is 1070. The summed E-state index contributed by atoms with van der Waals surface area (Å²) in [6.45, 7) is 1.88. The number of anilines is 2. The first-order valence-corrected chi connectivity index (χ1v) is 9.44. The van der Waals surface area contributed by atoms with E-state index in [2.05, 4.69) is 15.0 Å². The molecule has 1 aromatic heterocycles. The number of carbonyl (C=O) groups is 1. The molecule has 0 aliphatic carbocycles. The summed E-state index contributed by atoms with van der Waals surface area (Å²) in [7, 11) is -3.85. The van der Waals surface area contributed by atoms with Gasteiger partial charge in [-0.1, -0.05) is 0 Å². The van der Waals surface area contributed by atoms with Crippen LogP contribution >= 0.6 is 0 Å². The maximum Gasteiger partial charge on any atom is 0.261 e. The maximum atomic E-state index is 12.9. The quantitative estimate of drug-likeness (QED) is 0.703. The van der Waals surface area contributed by atoms with Crippen molar-refractivity contribution in [2.75, 3.05) is 10.0 Å². The number of carbonyl (C=O) groups excluding carboxylic acids is 1. The minimum absolute atomic E-state index is 0.0166. The van der Waals surface area contributed by atoms with E-state index >= 15 is 0 Å². The smallest absolute Gasteiger partial charge is 0.261 e. The molecule has 0 fully saturated rings. The molecule has 3 aromatic rings. The van der Waals surface area contributed by atoms with Gasteiger partial charge < -0.3 is 5.32 Å². The lowest BCUT2D eigenvalue weighted by molar-refractivity contribution is 0.102. The fraction of sp³-hybridized carbons (Fsp3) is 0.0526. The van der Waals surface area contributed by atoms with Gasteiger partial charge in [0.15, 0.2) is 0 Å². The largest absolute Gasteiger partial charge is 0.307 e. The van der Waals surface area contributed by atoms with Crippen molar-refractivity contribution >= 4 is 27.4 Å². The molecule has 0 saturated carbocycles. The summed E-state index contributed by atoms with van der Waals surface area (Å²) in [4.78, 5) is 16.3. The number of benzene rings is 2. The van der Waals surface area contributed by atoms with Gasteiger partial charge in [0.05, 0.1) is 4.90 Å². The zero-order valence-electron chi connectivity index (χ0n) is 14.3. The second-order valence-electron chi connectivity index (χ2n) is 5.81. The Hall–Kier alpha value is -3.26. The van der Waals surface area contributed by atoms with E-state index in [0.717, 1.165) is 17.7 Å². The van der Waals surface area contributed by atoms with E-state index in [0.29, 0.717) is 11.4 Å². The summed E-state index contributed by atoms with van der Waals surface area (Å²) >= 11 is 0. The summed E-state index contributed by atoms with van der Waals surface area (Å²) in [5.41, 5.74) is 1.48. The van der Waals surface area contributed by atoms with E-state index in [4.69, 9.17) is 0 Å². The fourth-order valence-electron chi connectivity index (χ4n) is 2.31. The van der Waals surface area contributed by atoms with Crippen LogP contribution in [0.25, 0.3) is 0 Å². The monoisotopic (exact) mass is 385 g/mol. The van der Waals surface area contributed by atoms with Crippen LogP contribution in [0.5, 0.6) is 0 Å². The highest BCUT2D eigenvalue weighted by atomic mass is 32.2. The van der Waals surface area contributed by atoms with E-state index in [1.54, 1.807) is 12.3 Å². The molecule has 138 valence electrons. The first kappa shape index (κ1) is 18.5. The van der Waals surface area contributed by atoms with Crippen molar-refractivity contribution in [2.45, 2.75) is 11.8 Å². The van der Waals surface area contributed by atoms with Crippen molar-refractivity contribution in [1.82, 2.24) is 4.98 Å². The molecule has 0 spiro atoms. The highest BCUT2D eigenvalue weighted by Gasteiger charge is 2.15. The predicted molar refractivity (Wildman–Crippen MR) is 101 cm³/mol. The zero-order chi connectivity index (χ0) is 19.4. The average molecular weight is 385 g/mol. The van der Waals surface area contributed by atoms with Crippen LogP contribution in [0, 0.1) is 12.7 Å². The Balaban J connectivity index is 1.73. The number of aromatic nitrogens is 1. The Morgan fingerprint density at radius 2 is 1.67 bits per heavy atom. The van der Waals surface area contributed by atoms with Gasteiger partial charge in [-0.05, 0) is 73.2 Å². The highest BCUT2D eigenvalue weighted by molar-refractivity contribution is 7.92. The van der Waals surface area contributed by atoms with Crippen molar-refractivity contribution in [3.05, 3.63) is 83.8 Å². The van der Waals surface area contributed by atoms with E-state index in [1.807, 2.05) is 13.0 Å². The van der Waals surface area contributed by atoms with Crippen molar-refractivity contribution in [2.24, 2.45) is 0 Å². The third kappa shape index (κ3) is 4.68. The molecule has 8 heteroatoms. The van der Waals surface area contributed by atoms with Crippen LogP contribution in [0.1, 0.15) is 15.9 Å². The predicted octanol–water partition coefficient (Wildman–Crippen LogP) is 3.58. The lowest BCUT2D eigenvalue weighted by atomic mass is 10.2. The Labute approximate surface area is 156 Å². The van der Waals surface area contributed by atoms with Gasteiger partial charge in [-0.25, -0.2) is 17.8 Å². The molecule has 0 unspecified atom stereocenters. The SMILES string of the molecule is Cc1ccnc(NC(=O)c2ccc(S(=O)(=O)Nc3ccc(F)cc3)cc2)c1. The molecular formula is C19H16FN3O3S. The molecule has 1 amide bonds. The zero-order valence-corrected chi connectivity index (χ0v) is 15.1. The molecule has 27 heavy (non-hydrogen) atoms. The number of halogens is 1. The number of aryl methyl sites for hydroxylation is 1. The summed E-state index contributed by atoms with van der Waals surface area (Å²) < 4.78 is 40.0. The van der Waals surface area contributed by atoms with Gasteiger partial charge in [0, 0.05) is 17.4 Å². The van der Waals surface area contributed by atoms with E-state index < -0.39 is 21.7 Å². The average Bonchev–Trinajstić information content (AvgIpc) is 2.63. The molecule has 0 saturated heterocycles. The number of pyridine rings is 1. The second-order valence-corrected chi connectivity index (χ2v) is 7.49. The van der Waals surface area contributed by atoms with Crippen LogP contribution in [0.3, 0.4) is 0 Å². The normalized spacial score (nSPS) is 11.0. The van der Waals surface area contributed by atoms with Gasteiger partial charge in [0.25, 0.3) is 15.9 Å². The standard InChI is InChI=1S/C19H16FN3O3S/c1-13-10-11-21-18(12-13)22-19(24)14-2-8-17(9-3-14)27(25,26)23-16-6-4-15(20)5-7-16/h2-12,23H,1H3,(H,21,22,24). The molecule has 0 aliphatic rings. The third-order valence-corrected chi connectivity index (χ3v) is 5.08. The molecule has 0 aliphatic heterocycles. The Kier molecular flexibility index (Phi) is 5.18. The van der Waals surface area contributed by atoms with Crippen molar-refractivity contribution in [3.8, 4) is 0 Å². The van der Waals surface area contributed by atoms with Crippen LogP contribution in [-0.4, -0.2) is 19.3 Å². The number of amides is 1. The lowest BCUT2D eigenvalue weighted by Crippen LogP contribution is -2.15. The third-order valence-electron chi connectivity index (χ3n) is 3.68. The number of hydrogen-bond donors (Lipinski definition) is 2. The Morgan fingerprint density at radius 3 is 2.30 bits per heavy atom. The molecule has 0 bridgehead atoms. The molecule has 0 radical (unpaired) electrons. The van der Waals surface area contributed by atoms with Crippen molar-refractivity contribution in [3.63, 3.8) is 0 Å². The first-order chi connectivity index (χ1) is 12.8. The highest BCUT2D eigenvalue weighted by Crippen LogP contribution is 2.17. The van der Waals surface area contributed by atoms with Crippen LogP contribution in [0.2, 0.25) is 0 Å². The second kappa shape index (κ2) is 7.55. The van der Waals surface area contributed by atoms with Crippen molar-refractivity contribution in [1.29, 1.82) is 0 Å². The molecule has 2 N–H and O–H groups in total. The number of nitrogens with one attached hydrogen (secondary N) is 2. The molecule has 1 heterocycles. The number of sulfonamides is 1. The van der Waals surface area contributed by atoms with Gasteiger partial charge in [-0.3, -0.25) is 9.52 Å². The van der Waals surface area contributed by atoms with Gasteiger partial charge >= 0.3 is 0 Å². The number of hydrogen-bond acceptors (Lipinski definition) is 4. The van der Waals surface area contributed by atoms with Gasteiger partial charge in [0.2, 0.25) is 0 Å². The van der Waals surface area contributed by atoms with Gasteiger partial charge in [0.1, 0.15) is 11.6 Å². The number of nitrogens with zero attached hydrogens (tertiary/aromatic N) is 1. The number of rotatable bonds is 5. The summed E-state index contributed by atoms with van der Waals surface area (Å²) in [6.07, 6.45) is 1.59. The van der Waals surface area contributed by atoms with Gasteiger partial charge in [-0.2, -0.15) is 0 Å². The van der Waals surface area contributed by atoms with Crippen LogP contribution < -0.4 is 10.0 Å². The van der Waals surface area contributed by atoms with Crippen LogP contribution in [0.15, 0.2) is 71.8 Å². The van der Waals surface area contributed by atoms with Gasteiger partial charge in [-0.15, -0.1) is 0 Å². The van der Waals surface area contributed by atoms with E-state index in [-0.39, 0.29) is 10.6 Å². The van der Waals surface area contributed by atoms with Crippen LogP contribution in [0.4, 0.5) is 15.9 Å². The van der Waals surface area contributed by atoms with E-state index in [1.165, 1.54) is 36.4 Å².